The summed E-state index contributed by atoms with van der Waals surface area (Å²) in [5, 5.41) is 10.7. The number of nitrogens with zero attached hydrogens (tertiary/aromatic N) is 1. The third-order valence-electron chi connectivity index (χ3n) is 6.56. The van der Waals surface area contributed by atoms with Gasteiger partial charge in [0.2, 0.25) is 0 Å². The van der Waals surface area contributed by atoms with Gasteiger partial charge in [0.15, 0.2) is 11.5 Å². The molecule has 0 saturated carbocycles. The number of β-amino-alcohol motifs (C(OH)–C–C–N with tert-alkyl or cyclic N) is 1. The predicted octanol–water partition coefficient (Wildman–Crippen LogP) is 4.05. The number of likely N-dealkylation sites (tertiary alicyclic amines) is 1. The summed E-state index contributed by atoms with van der Waals surface area (Å²) >= 11 is 0. The zero-order valence-electron chi connectivity index (χ0n) is 17.5. The number of aliphatic hydroxyl groups is 1. The Morgan fingerprint density at radius 2 is 1.90 bits per heavy atom. The van der Waals surface area contributed by atoms with Gasteiger partial charge in [-0.15, -0.1) is 0 Å². The van der Waals surface area contributed by atoms with Crippen molar-refractivity contribution >= 4 is 0 Å². The van der Waals surface area contributed by atoms with E-state index < -0.39 is 6.10 Å². The highest BCUT2D eigenvalue weighted by molar-refractivity contribution is 5.44. The fraction of sp³-hybridized carbons (Fsp3) is 0.520. The third-order valence-corrected chi connectivity index (χ3v) is 6.56. The van der Waals surface area contributed by atoms with Crippen LogP contribution in [0.3, 0.4) is 0 Å². The average Bonchev–Trinajstić information content (AvgIpc) is 3.25. The normalized spacial score (nSPS) is 24.4. The Kier molecular flexibility index (Phi) is 5.93. The maximum Gasteiger partial charge on any atom is 0.161 e. The highest BCUT2D eigenvalue weighted by Crippen LogP contribution is 2.38. The van der Waals surface area contributed by atoms with E-state index in [4.69, 9.17) is 14.2 Å². The topological polar surface area (TPSA) is 51.2 Å². The Morgan fingerprint density at radius 1 is 1.03 bits per heavy atom. The van der Waals surface area contributed by atoms with Gasteiger partial charge >= 0.3 is 0 Å². The first-order valence-corrected chi connectivity index (χ1v) is 11.3. The van der Waals surface area contributed by atoms with Crippen LogP contribution >= 0.6 is 0 Å². The van der Waals surface area contributed by atoms with Crippen LogP contribution in [0.2, 0.25) is 0 Å². The van der Waals surface area contributed by atoms with E-state index in [1.165, 1.54) is 16.7 Å². The molecule has 3 aliphatic rings. The van der Waals surface area contributed by atoms with Crippen molar-refractivity contribution in [1.29, 1.82) is 0 Å². The number of rotatable bonds is 6. The van der Waals surface area contributed by atoms with E-state index in [9.17, 15) is 5.11 Å². The van der Waals surface area contributed by atoms with E-state index in [-0.39, 0.29) is 6.10 Å². The average molecular weight is 410 g/mol. The highest BCUT2D eigenvalue weighted by Gasteiger charge is 2.29. The molecule has 0 amide bonds. The largest absolute Gasteiger partial charge is 0.486 e. The standard InChI is InChI=1S/C25H31NO4/c27-20(17-30-23-9-3-6-18-5-1-2-7-21(18)23)16-26-12-4-8-22(26)19-10-11-24-25(15-19)29-14-13-28-24/h1-2,5,7,10-11,15,20,22-23,27H,3-4,6,8-9,12-14,16-17H2. The van der Waals surface area contributed by atoms with Crippen molar-refractivity contribution in [3.05, 3.63) is 59.2 Å². The first-order valence-electron chi connectivity index (χ1n) is 11.3. The summed E-state index contributed by atoms with van der Waals surface area (Å²) in [6.45, 7) is 3.23. The molecule has 2 heterocycles. The van der Waals surface area contributed by atoms with E-state index >= 15 is 0 Å². The number of aliphatic hydroxyl groups excluding tert-OH is 1. The maximum atomic E-state index is 10.7. The van der Waals surface area contributed by atoms with Gasteiger partial charge in [0, 0.05) is 12.6 Å². The molecule has 5 nitrogen and oxygen atoms in total. The molecule has 3 unspecified atom stereocenters. The lowest BCUT2D eigenvalue weighted by atomic mass is 9.89. The van der Waals surface area contributed by atoms with Crippen molar-refractivity contribution in [3.8, 4) is 11.5 Å². The number of benzene rings is 2. The van der Waals surface area contributed by atoms with Crippen LogP contribution in [0.1, 0.15) is 54.5 Å². The minimum absolute atomic E-state index is 0.108. The zero-order valence-corrected chi connectivity index (χ0v) is 17.5. The Balaban J connectivity index is 1.19. The maximum absolute atomic E-state index is 10.7. The predicted molar refractivity (Wildman–Crippen MR) is 115 cm³/mol. The molecule has 5 heteroatoms. The van der Waals surface area contributed by atoms with E-state index in [1.54, 1.807) is 0 Å². The van der Waals surface area contributed by atoms with Crippen LogP contribution < -0.4 is 9.47 Å². The number of fused-ring (bicyclic) bond motifs is 2. The van der Waals surface area contributed by atoms with Crippen LogP contribution in [0.25, 0.3) is 0 Å². The number of aryl methyl sites for hydroxylation is 1. The fourth-order valence-corrected chi connectivity index (χ4v) is 5.12. The van der Waals surface area contributed by atoms with Crippen LogP contribution in [0.4, 0.5) is 0 Å². The lowest BCUT2D eigenvalue weighted by molar-refractivity contribution is -0.0294. The molecule has 2 aromatic rings. The third kappa shape index (κ3) is 4.20. The number of hydrogen-bond acceptors (Lipinski definition) is 5. The van der Waals surface area contributed by atoms with Crippen LogP contribution in [0.15, 0.2) is 42.5 Å². The van der Waals surface area contributed by atoms with Crippen molar-refractivity contribution < 1.29 is 19.3 Å². The first kappa shape index (κ1) is 19.9. The van der Waals surface area contributed by atoms with Crippen molar-refractivity contribution in [1.82, 2.24) is 4.90 Å². The molecule has 2 aliphatic heterocycles. The summed E-state index contributed by atoms with van der Waals surface area (Å²) in [6.07, 6.45) is 5.17. The summed E-state index contributed by atoms with van der Waals surface area (Å²) in [5.41, 5.74) is 3.93. The fourth-order valence-electron chi connectivity index (χ4n) is 5.12. The van der Waals surface area contributed by atoms with E-state index in [0.29, 0.717) is 32.4 Å². The van der Waals surface area contributed by atoms with Gasteiger partial charge in [-0.3, -0.25) is 4.90 Å². The molecule has 1 N–H and O–H groups in total. The first-order chi connectivity index (χ1) is 14.8. The number of ether oxygens (including phenoxy) is 3. The Bertz CT molecular complexity index is 870. The van der Waals surface area contributed by atoms with Crippen LogP contribution in [-0.2, 0) is 11.2 Å². The molecule has 1 aliphatic carbocycles. The van der Waals surface area contributed by atoms with Crippen LogP contribution in [-0.4, -0.2) is 49.0 Å². The van der Waals surface area contributed by atoms with Gasteiger partial charge in [-0.05, 0) is 67.5 Å². The molecule has 2 aromatic carbocycles. The van der Waals surface area contributed by atoms with Crippen molar-refractivity contribution in [2.45, 2.75) is 50.4 Å². The second kappa shape index (κ2) is 8.96. The lowest BCUT2D eigenvalue weighted by Crippen LogP contribution is -2.35. The molecular formula is C25H31NO4. The van der Waals surface area contributed by atoms with Crippen LogP contribution in [0.5, 0.6) is 11.5 Å². The van der Waals surface area contributed by atoms with E-state index in [0.717, 1.165) is 50.1 Å². The SMILES string of the molecule is OC(COC1CCCc2ccccc21)CN1CCCC1c1ccc2c(c1)OCCO2. The van der Waals surface area contributed by atoms with Gasteiger partial charge in [-0.2, -0.15) is 0 Å². The van der Waals surface area contributed by atoms with Gasteiger partial charge in [0.05, 0.1) is 18.8 Å². The van der Waals surface area contributed by atoms with Crippen molar-refractivity contribution in [2.24, 2.45) is 0 Å². The molecule has 0 aromatic heterocycles. The van der Waals surface area contributed by atoms with Gasteiger partial charge in [-0.25, -0.2) is 0 Å². The summed E-state index contributed by atoms with van der Waals surface area (Å²) in [6, 6.07) is 15.1. The molecule has 1 saturated heterocycles. The summed E-state index contributed by atoms with van der Waals surface area (Å²) in [5.74, 6) is 1.67. The molecule has 160 valence electrons. The minimum atomic E-state index is -0.489. The molecule has 0 radical (unpaired) electrons. The van der Waals surface area contributed by atoms with Crippen molar-refractivity contribution in [3.63, 3.8) is 0 Å². The minimum Gasteiger partial charge on any atom is -0.486 e. The lowest BCUT2D eigenvalue weighted by Gasteiger charge is -2.30. The molecule has 30 heavy (non-hydrogen) atoms. The molecule has 1 fully saturated rings. The van der Waals surface area contributed by atoms with Crippen molar-refractivity contribution in [2.75, 3.05) is 32.9 Å². The smallest absolute Gasteiger partial charge is 0.161 e. The summed E-state index contributed by atoms with van der Waals surface area (Å²) in [4.78, 5) is 2.38. The summed E-state index contributed by atoms with van der Waals surface area (Å²) in [7, 11) is 0. The molecule has 3 atom stereocenters. The second-order valence-corrected chi connectivity index (χ2v) is 8.62. The molecule has 0 bridgehead atoms. The van der Waals surface area contributed by atoms with Gasteiger partial charge in [0.25, 0.3) is 0 Å². The monoisotopic (exact) mass is 409 g/mol. The van der Waals surface area contributed by atoms with Gasteiger partial charge in [0.1, 0.15) is 13.2 Å². The summed E-state index contributed by atoms with van der Waals surface area (Å²) < 4.78 is 17.6. The Hall–Kier alpha value is -2.08. The second-order valence-electron chi connectivity index (χ2n) is 8.62. The van der Waals surface area contributed by atoms with E-state index in [1.807, 2.05) is 6.07 Å². The van der Waals surface area contributed by atoms with Crippen LogP contribution in [0, 0.1) is 0 Å². The van der Waals surface area contributed by atoms with Gasteiger partial charge in [-0.1, -0.05) is 30.3 Å². The zero-order chi connectivity index (χ0) is 20.3. The highest BCUT2D eigenvalue weighted by atomic mass is 16.6. The molecular weight excluding hydrogens is 378 g/mol. The van der Waals surface area contributed by atoms with E-state index in [2.05, 4.69) is 41.3 Å². The molecule has 5 rings (SSSR count). The quantitative estimate of drug-likeness (QED) is 0.780. The molecule has 0 spiro atoms. The Labute approximate surface area is 178 Å². The number of hydrogen-bond donors (Lipinski definition) is 1. The Morgan fingerprint density at radius 3 is 2.83 bits per heavy atom. The van der Waals surface area contributed by atoms with Gasteiger partial charge < -0.3 is 19.3 Å².